The van der Waals surface area contributed by atoms with Crippen molar-refractivity contribution < 1.29 is 26.8 Å². The monoisotopic (exact) mass is 479 g/mol. The second-order valence-electron chi connectivity index (χ2n) is 7.76. The minimum atomic E-state index is -3.89. The molecule has 0 aliphatic carbocycles. The summed E-state index contributed by atoms with van der Waals surface area (Å²) >= 11 is 0. The van der Waals surface area contributed by atoms with Gasteiger partial charge in [-0.2, -0.15) is 0 Å². The molecule has 0 radical (unpaired) electrons. The van der Waals surface area contributed by atoms with Crippen LogP contribution in [-0.4, -0.2) is 25.8 Å². The summed E-state index contributed by atoms with van der Waals surface area (Å²) in [6.07, 6.45) is 1.53. The van der Waals surface area contributed by atoms with E-state index in [0.29, 0.717) is 18.1 Å². The van der Waals surface area contributed by atoms with Crippen molar-refractivity contribution in [2.75, 3.05) is 6.61 Å². The molecule has 0 unspecified atom stereocenters. The number of carbonyl (C=O) groups excluding carboxylic acids is 1. The number of rotatable bonds is 9. The number of ether oxygens (including phenoxy) is 1. The van der Waals surface area contributed by atoms with E-state index in [1.54, 1.807) is 24.3 Å². The van der Waals surface area contributed by atoms with Gasteiger partial charge in [0.05, 0.1) is 24.3 Å². The van der Waals surface area contributed by atoms with Crippen LogP contribution < -0.4 is 4.74 Å². The lowest BCUT2D eigenvalue weighted by molar-refractivity contribution is 0.0679. The van der Waals surface area contributed by atoms with Crippen molar-refractivity contribution in [3.63, 3.8) is 0 Å². The van der Waals surface area contributed by atoms with E-state index in [9.17, 15) is 13.2 Å². The Bertz CT molecular complexity index is 1350. The maximum absolute atomic E-state index is 13.4. The van der Waals surface area contributed by atoms with E-state index in [1.807, 2.05) is 38.1 Å². The van der Waals surface area contributed by atoms with Crippen molar-refractivity contribution in [3.8, 4) is 5.75 Å². The third-order valence-corrected chi connectivity index (χ3v) is 6.83. The average molecular weight is 480 g/mol. The van der Waals surface area contributed by atoms with Crippen LogP contribution in [0.5, 0.6) is 5.75 Å². The van der Waals surface area contributed by atoms with Crippen LogP contribution in [0.2, 0.25) is 0 Å². The van der Waals surface area contributed by atoms with Crippen LogP contribution in [0.3, 0.4) is 0 Å². The van der Waals surface area contributed by atoms with Gasteiger partial charge in [0.25, 0.3) is 5.91 Å². The first-order valence-corrected chi connectivity index (χ1v) is 12.3. The highest BCUT2D eigenvalue weighted by molar-refractivity contribution is 7.91. The molecule has 0 bridgehead atoms. The standard InChI is InChI=1S/C26H25NO6S/c1-3-31-21-7-4-6-20(16-21)17-27(18-22-8-5-15-32-22)26(28)24-13-14-25(33-24)34(29,30)23-11-9-19(2)10-12-23/h4-16H,3,17-18H2,1-2H3. The first-order chi connectivity index (χ1) is 16.4. The first kappa shape index (κ1) is 23.4. The zero-order valence-corrected chi connectivity index (χ0v) is 19.7. The highest BCUT2D eigenvalue weighted by atomic mass is 32.2. The summed E-state index contributed by atoms with van der Waals surface area (Å²) in [6.45, 7) is 4.74. The normalized spacial score (nSPS) is 11.4. The zero-order valence-electron chi connectivity index (χ0n) is 18.9. The van der Waals surface area contributed by atoms with Gasteiger partial charge in [-0.25, -0.2) is 8.42 Å². The number of aryl methyl sites for hydroxylation is 1. The van der Waals surface area contributed by atoms with Crippen LogP contribution in [0.1, 0.15) is 34.4 Å². The van der Waals surface area contributed by atoms with Crippen molar-refractivity contribution in [2.24, 2.45) is 0 Å². The second-order valence-corrected chi connectivity index (χ2v) is 9.64. The van der Waals surface area contributed by atoms with Gasteiger partial charge in [-0.15, -0.1) is 0 Å². The van der Waals surface area contributed by atoms with Gasteiger partial charge in [0.1, 0.15) is 11.5 Å². The molecule has 4 aromatic rings. The molecule has 0 N–H and O–H groups in total. The fourth-order valence-corrected chi connectivity index (χ4v) is 4.65. The summed E-state index contributed by atoms with van der Waals surface area (Å²) in [7, 11) is -3.89. The van der Waals surface area contributed by atoms with Crippen LogP contribution >= 0.6 is 0 Å². The molecule has 176 valence electrons. The quantitative estimate of drug-likeness (QED) is 0.325. The molecule has 8 heteroatoms. The Labute approximate surface area is 198 Å². The van der Waals surface area contributed by atoms with E-state index in [2.05, 4.69) is 0 Å². The van der Waals surface area contributed by atoms with Crippen LogP contribution in [0.25, 0.3) is 0 Å². The van der Waals surface area contributed by atoms with Gasteiger partial charge in [0, 0.05) is 6.54 Å². The number of amides is 1. The SMILES string of the molecule is CCOc1cccc(CN(Cc2ccco2)C(=O)c2ccc(S(=O)(=O)c3ccc(C)cc3)o2)c1. The van der Waals surface area contributed by atoms with Crippen LogP contribution in [0, 0.1) is 6.92 Å². The van der Waals surface area contributed by atoms with Gasteiger partial charge in [-0.3, -0.25) is 4.79 Å². The van der Waals surface area contributed by atoms with E-state index in [1.165, 1.54) is 35.4 Å². The molecular weight excluding hydrogens is 454 g/mol. The van der Waals surface area contributed by atoms with E-state index in [4.69, 9.17) is 13.6 Å². The molecular formula is C26H25NO6S. The first-order valence-electron chi connectivity index (χ1n) is 10.8. The predicted octanol–water partition coefficient (Wildman–Crippen LogP) is 5.26. The minimum Gasteiger partial charge on any atom is -0.494 e. The van der Waals surface area contributed by atoms with E-state index in [-0.39, 0.29) is 28.8 Å². The van der Waals surface area contributed by atoms with E-state index in [0.717, 1.165) is 11.1 Å². The molecule has 2 aromatic heterocycles. The van der Waals surface area contributed by atoms with Crippen molar-refractivity contribution in [1.82, 2.24) is 4.90 Å². The Morgan fingerprint density at radius 1 is 0.971 bits per heavy atom. The predicted molar refractivity (Wildman–Crippen MR) is 125 cm³/mol. The van der Waals surface area contributed by atoms with Gasteiger partial charge in [-0.05, 0) is 67.9 Å². The molecule has 2 aromatic carbocycles. The van der Waals surface area contributed by atoms with Gasteiger partial charge >= 0.3 is 0 Å². The lowest BCUT2D eigenvalue weighted by Gasteiger charge is -2.21. The maximum Gasteiger partial charge on any atom is 0.290 e. The summed E-state index contributed by atoms with van der Waals surface area (Å²) in [6, 6.07) is 20.1. The average Bonchev–Trinajstić information content (AvgIpc) is 3.52. The fraction of sp³-hybridized carbons (Fsp3) is 0.192. The highest BCUT2D eigenvalue weighted by Gasteiger charge is 2.26. The molecule has 0 fully saturated rings. The molecule has 0 spiro atoms. The summed E-state index contributed by atoms with van der Waals surface area (Å²) < 4.78 is 42.5. The summed E-state index contributed by atoms with van der Waals surface area (Å²) in [5.41, 5.74) is 1.79. The number of hydrogen-bond acceptors (Lipinski definition) is 6. The molecule has 0 saturated heterocycles. The number of carbonyl (C=O) groups is 1. The Balaban J connectivity index is 1.61. The maximum atomic E-state index is 13.4. The molecule has 0 aliphatic heterocycles. The molecule has 0 aliphatic rings. The van der Waals surface area contributed by atoms with Gasteiger partial charge in [0.15, 0.2) is 5.76 Å². The highest BCUT2D eigenvalue weighted by Crippen LogP contribution is 2.25. The Morgan fingerprint density at radius 2 is 1.76 bits per heavy atom. The number of nitrogens with zero attached hydrogens (tertiary/aromatic N) is 1. The third-order valence-electron chi connectivity index (χ3n) is 5.19. The topological polar surface area (TPSA) is 90.0 Å². The molecule has 0 atom stereocenters. The van der Waals surface area contributed by atoms with Crippen LogP contribution in [0.15, 0.2) is 97.9 Å². The van der Waals surface area contributed by atoms with Crippen molar-refractivity contribution in [2.45, 2.75) is 36.9 Å². The largest absolute Gasteiger partial charge is 0.494 e. The van der Waals surface area contributed by atoms with Crippen LogP contribution in [0.4, 0.5) is 0 Å². The second kappa shape index (κ2) is 10.0. The number of furan rings is 2. The van der Waals surface area contributed by atoms with Gasteiger partial charge in [-0.1, -0.05) is 29.8 Å². The molecule has 1 amide bonds. The zero-order chi connectivity index (χ0) is 24.1. The van der Waals surface area contributed by atoms with Crippen molar-refractivity contribution in [3.05, 3.63) is 102 Å². The number of benzene rings is 2. The Hall–Kier alpha value is -3.78. The third kappa shape index (κ3) is 5.23. The van der Waals surface area contributed by atoms with Gasteiger partial charge in [0.2, 0.25) is 14.9 Å². The van der Waals surface area contributed by atoms with Crippen LogP contribution in [-0.2, 0) is 22.9 Å². The summed E-state index contributed by atoms with van der Waals surface area (Å²) in [4.78, 5) is 15.0. The minimum absolute atomic E-state index is 0.0711. The number of sulfone groups is 1. The van der Waals surface area contributed by atoms with Gasteiger partial charge < -0.3 is 18.5 Å². The fourth-order valence-electron chi connectivity index (χ4n) is 3.48. The Morgan fingerprint density at radius 3 is 2.47 bits per heavy atom. The molecule has 2 heterocycles. The summed E-state index contributed by atoms with van der Waals surface area (Å²) in [5.74, 6) is 0.769. The number of hydrogen-bond donors (Lipinski definition) is 0. The molecule has 34 heavy (non-hydrogen) atoms. The molecule has 0 saturated carbocycles. The van der Waals surface area contributed by atoms with Crippen molar-refractivity contribution in [1.29, 1.82) is 0 Å². The van der Waals surface area contributed by atoms with E-state index < -0.39 is 15.7 Å². The Kier molecular flexibility index (Phi) is 6.88. The molecule has 4 rings (SSSR count). The van der Waals surface area contributed by atoms with E-state index >= 15 is 0 Å². The summed E-state index contributed by atoms with van der Waals surface area (Å²) in [5, 5.41) is -0.281. The molecule has 7 nitrogen and oxygen atoms in total. The van der Waals surface area contributed by atoms with Crippen molar-refractivity contribution >= 4 is 15.7 Å². The lowest BCUT2D eigenvalue weighted by Crippen LogP contribution is -2.29. The lowest BCUT2D eigenvalue weighted by atomic mass is 10.2. The smallest absolute Gasteiger partial charge is 0.290 e.